The largest absolute Gasteiger partial charge is 0.310 e. The van der Waals surface area contributed by atoms with Crippen LogP contribution in [0.4, 0.5) is 34.1 Å². The fourth-order valence-corrected chi connectivity index (χ4v) is 11.8. The Morgan fingerprint density at radius 3 is 1.50 bits per heavy atom. The molecule has 290 valence electrons. The minimum atomic E-state index is -0.582. The van der Waals surface area contributed by atoms with Gasteiger partial charge in [0.05, 0.1) is 11.1 Å². The molecule has 0 bridgehead atoms. The summed E-state index contributed by atoms with van der Waals surface area (Å²) in [5.41, 5.74) is 16.6. The zero-order valence-electron chi connectivity index (χ0n) is 33.7. The van der Waals surface area contributed by atoms with Crippen molar-refractivity contribution in [2.75, 3.05) is 9.80 Å². The minimum Gasteiger partial charge on any atom is -0.310 e. The minimum absolute atomic E-state index is 0.582. The average Bonchev–Trinajstić information content (AvgIpc) is 3.96. The van der Waals surface area contributed by atoms with Gasteiger partial charge in [-0.05, 0) is 129 Å². The first-order chi connectivity index (χ1) is 30.8. The topological polar surface area (TPSA) is 6.48 Å². The lowest BCUT2D eigenvalue weighted by molar-refractivity contribution is 0.794. The molecule has 3 heteroatoms. The fourth-order valence-electron chi connectivity index (χ4n) is 10.7. The van der Waals surface area contributed by atoms with Crippen LogP contribution >= 0.6 is 11.3 Å². The Morgan fingerprint density at radius 2 is 0.790 bits per heavy atom. The zero-order chi connectivity index (χ0) is 40.8. The van der Waals surface area contributed by atoms with Crippen LogP contribution in [0.25, 0.3) is 53.2 Å². The van der Waals surface area contributed by atoms with E-state index in [1.54, 1.807) is 0 Å². The summed E-state index contributed by atoms with van der Waals surface area (Å²) in [5.74, 6) is 0. The van der Waals surface area contributed by atoms with E-state index in [1.165, 1.54) is 75.5 Å². The molecule has 1 heterocycles. The number of rotatable bonds is 6. The number of thiophene rings is 1. The predicted octanol–water partition coefficient (Wildman–Crippen LogP) is 16.5. The summed E-state index contributed by atoms with van der Waals surface area (Å²) in [5, 5.41) is 5.06. The molecule has 62 heavy (non-hydrogen) atoms. The van der Waals surface area contributed by atoms with Crippen molar-refractivity contribution in [3.05, 3.63) is 253 Å². The molecule has 2 aliphatic carbocycles. The van der Waals surface area contributed by atoms with E-state index in [0.29, 0.717) is 0 Å². The summed E-state index contributed by atoms with van der Waals surface area (Å²) in [4.78, 5) is 4.89. The third-order valence-electron chi connectivity index (χ3n) is 13.2. The smallest absolute Gasteiger partial charge is 0.0727 e. The van der Waals surface area contributed by atoms with Gasteiger partial charge in [0.1, 0.15) is 0 Å². The second-order valence-electron chi connectivity index (χ2n) is 16.4. The van der Waals surface area contributed by atoms with Crippen molar-refractivity contribution in [1.82, 2.24) is 0 Å². The standard InChI is InChI=1S/C59H38N2S/c1-4-18-39(19-5-1)60(42-33-35-57-50(36-42)47-26-14-17-31-56(47)62-57)43-32-34-45-44-24-12-15-29-51(44)59(53(45)37-43)52-30-16-13-28-49(52)58-48-27-11-10-25-46(48)55(38-54(58)59)61(40-20-6-2-7-21-40)41-22-8-3-9-23-41/h1-38H. The molecular formula is C59H38N2S. The van der Waals surface area contributed by atoms with Crippen LogP contribution < -0.4 is 9.80 Å². The fraction of sp³-hybridized carbons (Fsp3) is 0.0169. The average molecular weight is 807 g/mol. The van der Waals surface area contributed by atoms with Crippen LogP contribution in [-0.4, -0.2) is 0 Å². The van der Waals surface area contributed by atoms with E-state index in [4.69, 9.17) is 0 Å². The SMILES string of the molecule is c1ccc(N(c2ccc3c(c2)C2(c4ccccc4-3)c3ccccc3-c3c2cc(N(c2ccccc2)c2ccccc2)c2ccccc32)c2ccc3sc4ccccc4c3c2)cc1. The van der Waals surface area contributed by atoms with Gasteiger partial charge in [-0.1, -0.05) is 152 Å². The van der Waals surface area contributed by atoms with E-state index in [1.807, 2.05) is 11.3 Å². The zero-order valence-corrected chi connectivity index (χ0v) is 34.6. The first-order valence-corrected chi connectivity index (χ1v) is 22.2. The molecule has 1 spiro atoms. The number of hydrogen-bond donors (Lipinski definition) is 0. The van der Waals surface area contributed by atoms with Crippen molar-refractivity contribution in [2.45, 2.75) is 5.41 Å². The van der Waals surface area contributed by atoms with Crippen molar-refractivity contribution in [3.8, 4) is 22.3 Å². The quantitative estimate of drug-likeness (QED) is 0.165. The van der Waals surface area contributed by atoms with Gasteiger partial charge in [0, 0.05) is 54.0 Å². The highest BCUT2D eigenvalue weighted by molar-refractivity contribution is 7.25. The first-order valence-electron chi connectivity index (χ1n) is 21.3. The summed E-state index contributed by atoms with van der Waals surface area (Å²) in [7, 11) is 0. The molecule has 1 unspecified atom stereocenters. The predicted molar refractivity (Wildman–Crippen MR) is 263 cm³/mol. The number of nitrogens with zero attached hydrogens (tertiary/aromatic N) is 2. The van der Waals surface area contributed by atoms with Gasteiger partial charge in [0.2, 0.25) is 0 Å². The Balaban J connectivity index is 1.12. The van der Waals surface area contributed by atoms with E-state index in [2.05, 4.69) is 240 Å². The van der Waals surface area contributed by atoms with Gasteiger partial charge in [-0.15, -0.1) is 11.3 Å². The summed E-state index contributed by atoms with van der Waals surface area (Å²) >= 11 is 1.86. The molecule has 0 aliphatic heterocycles. The summed E-state index contributed by atoms with van der Waals surface area (Å²) in [6, 6.07) is 85.4. The molecule has 0 saturated heterocycles. The molecule has 1 aromatic heterocycles. The lowest BCUT2D eigenvalue weighted by Crippen LogP contribution is -2.26. The van der Waals surface area contributed by atoms with Gasteiger partial charge < -0.3 is 9.80 Å². The Kier molecular flexibility index (Phi) is 7.72. The number of fused-ring (bicyclic) bond motifs is 15. The third-order valence-corrected chi connectivity index (χ3v) is 14.4. The highest BCUT2D eigenvalue weighted by atomic mass is 32.1. The molecule has 0 fully saturated rings. The van der Waals surface area contributed by atoms with Gasteiger partial charge in [0.15, 0.2) is 0 Å². The van der Waals surface area contributed by atoms with Crippen LogP contribution in [0.2, 0.25) is 0 Å². The normalized spacial score (nSPS) is 14.5. The third kappa shape index (κ3) is 4.97. The van der Waals surface area contributed by atoms with E-state index in [0.717, 1.165) is 34.1 Å². The van der Waals surface area contributed by atoms with Gasteiger partial charge in [-0.3, -0.25) is 0 Å². The second kappa shape index (κ2) is 13.7. The lowest BCUT2D eigenvalue weighted by Gasteiger charge is -2.34. The van der Waals surface area contributed by atoms with Gasteiger partial charge in [0.25, 0.3) is 0 Å². The van der Waals surface area contributed by atoms with Crippen LogP contribution in [0, 0.1) is 0 Å². The van der Waals surface area contributed by atoms with Crippen LogP contribution in [-0.2, 0) is 5.41 Å². The molecule has 10 aromatic carbocycles. The van der Waals surface area contributed by atoms with Crippen molar-refractivity contribution in [2.24, 2.45) is 0 Å². The molecule has 2 nitrogen and oxygen atoms in total. The van der Waals surface area contributed by atoms with Crippen LogP contribution in [0.3, 0.4) is 0 Å². The second-order valence-corrected chi connectivity index (χ2v) is 17.5. The number of benzene rings is 10. The van der Waals surface area contributed by atoms with Gasteiger partial charge in [-0.25, -0.2) is 0 Å². The molecule has 1 atom stereocenters. The highest BCUT2D eigenvalue weighted by Gasteiger charge is 2.52. The van der Waals surface area contributed by atoms with Gasteiger partial charge in [-0.2, -0.15) is 0 Å². The van der Waals surface area contributed by atoms with E-state index >= 15 is 0 Å². The number of hydrogen-bond acceptors (Lipinski definition) is 3. The van der Waals surface area contributed by atoms with Crippen molar-refractivity contribution in [1.29, 1.82) is 0 Å². The molecule has 2 aliphatic rings. The molecule has 0 amide bonds. The first kappa shape index (κ1) is 35.1. The highest BCUT2D eigenvalue weighted by Crippen LogP contribution is 2.65. The van der Waals surface area contributed by atoms with E-state index < -0.39 is 5.41 Å². The molecule has 0 N–H and O–H groups in total. The van der Waals surface area contributed by atoms with Crippen LogP contribution in [0.15, 0.2) is 231 Å². The Labute approximate surface area is 364 Å². The Bertz CT molecular complexity index is 3500. The summed E-state index contributed by atoms with van der Waals surface area (Å²) in [6.07, 6.45) is 0. The summed E-state index contributed by atoms with van der Waals surface area (Å²) in [6.45, 7) is 0. The maximum Gasteiger partial charge on any atom is 0.0727 e. The van der Waals surface area contributed by atoms with Gasteiger partial charge >= 0.3 is 0 Å². The van der Waals surface area contributed by atoms with Crippen molar-refractivity contribution >= 4 is 76.4 Å². The van der Waals surface area contributed by atoms with Crippen LogP contribution in [0.1, 0.15) is 22.3 Å². The number of anilines is 6. The van der Waals surface area contributed by atoms with Crippen molar-refractivity contribution < 1.29 is 0 Å². The molecule has 13 rings (SSSR count). The summed E-state index contributed by atoms with van der Waals surface area (Å²) < 4.78 is 2.61. The van der Waals surface area contributed by atoms with Crippen LogP contribution in [0.5, 0.6) is 0 Å². The molecule has 11 aromatic rings. The Hall–Kier alpha value is -7.72. The van der Waals surface area contributed by atoms with E-state index in [9.17, 15) is 0 Å². The van der Waals surface area contributed by atoms with E-state index in [-0.39, 0.29) is 0 Å². The monoisotopic (exact) mass is 806 g/mol. The molecule has 0 saturated carbocycles. The molecule has 0 radical (unpaired) electrons. The number of para-hydroxylation sites is 3. The Morgan fingerprint density at radius 1 is 0.290 bits per heavy atom. The maximum atomic E-state index is 2.53. The van der Waals surface area contributed by atoms with Crippen molar-refractivity contribution in [3.63, 3.8) is 0 Å². The maximum absolute atomic E-state index is 2.53. The lowest BCUT2D eigenvalue weighted by atomic mass is 9.70. The molecular weight excluding hydrogens is 769 g/mol.